The second-order valence-electron chi connectivity index (χ2n) is 7.74. The summed E-state index contributed by atoms with van der Waals surface area (Å²) in [5, 5.41) is -0.360. The van der Waals surface area contributed by atoms with E-state index in [9.17, 15) is 26.4 Å². The smallest absolute Gasteiger partial charge is 0.417 e. The first-order valence-electron chi connectivity index (χ1n) is 10.5. The Kier molecular flexibility index (Phi) is 10.2. The zero-order valence-electron chi connectivity index (χ0n) is 19.3. The van der Waals surface area contributed by atoms with Crippen LogP contribution in [-0.2, 0) is 32.2 Å². The van der Waals surface area contributed by atoms with Gasteiger partial charge in [-0.1, -0.05) is 17.7 Å². The van der Waals surface area contributed by atoms with E-state index in [0.29, 0.717) is 23.6 Å². The van der Waals surface area contributed by atoms with Gasteiger partial charge >= 0.3 is 6.18 Å². The maximum atomic E-state index is 12.9. The topological polar surface area (TPSA) is 104 Å². The van der Waals surface area contributed by atoms with E-state index in [0.717, 1.165) is 0 Å². The van der Waals surface area contributed by atoms with Gasteiger partial charge in [-0.25, -0.2) is 13.4 Å². The van der Waals surface area contributed by atoms with E-state index in [-0.39, 0.29) is 54.4 Å². The van der Waals surface area contributed by atoms with Gasteiger partial charge in [-0.3, -0.25) is 9.52 Å². The minimum absolute atomic E-state index is 0.0645. The van der Waals surface area contributed by atoms with Crippen molar-refractivity contribution >= 4 is 27.5 Å². The Hall–Kier alpha value is -2.57. The lowest BCUT2D eigenvalue weighted by Gasteiger charge is -2.16. The molecule has 0 spiro atoms. The van der Waals surface area contributed by atoms with Crippen LogP contribution in [0.2, 0.25) is 5.02 Å². The average Bonchev–Trinajstić information content (AvgIpc) is 2.73. The number of pyridine rings is 1. The number of amides is 1. The largest absolute Gasteiger partial charge is 0.491 e. The summed E-state index contributed by atoms with van der Waals surface area (Å²) >= 11 is 5.96. The number of benzene rings is 1. The first kappa shape index (κ1) is 28.7. The van der Waals surface area contributed by atoms with Crippen LogP contribution in [0.5, 0.6) is 17.4 Å². The molecule has 194 valence electrons. The zero-order valence-corrected chi connectivity index (χ0v) is 20.9. The molecular formula is C22H26ClF3N2O6S. The highest BCUT2D eigenvalue weighted by Gasteiger charge is 2.32. The van der Waals surface area contributed by atoms with Crippen LogP contribution in [0.4, 0.5) is 13.2 Å². The molecule has 13 heteroatoms. The van der Waals surface area contributed by atoms with Crippen molar-refractivity contribution in [1.82, 2.24) is 9.71 Å². The van der Waals surface area contributed by atoms with Gasteiger partial charge in [0.15, 0.2) is 0 Å². The molecule has 0 aliphatic heterocycles. The predicted molar refractivity (Wildman–Crippen MR) is 123 cm³/mol. The van der Waals surface area contributed by atoms with Crippen LogP contribution in [0.1, 0.15) is 37.8 Å². The summed E-state index contributed by atoms with van der Waals surface area (Å²) in [5.74, 6) is -0.699. The molecule has 1 heterocycles. The fourth-order valence-corrected chi connectivity index (χ4v) is 4.11. The van der Waals surface area contributed by atoms with E-state index < -0.39 is 27.7 Å². The van der Waals surface area contributed by atoms with Crippen LogP contribution >= 0.6 is 11.6 Å². The maximum absolute atomic E-state index is 12.9. The van der Waals surface area contributed by atoms with Gasteiger partial charge in [0.2, 0.25) is 21.8 Å². The average molecular weight is 539 g/mol. The Morgan fingerprint density at radius 1 is 1.23 bits per heavy atom. The standard InChI is InChI=1S/C22H26ClF3N2O6S/c1-14(2)33-17-7-5-15(6-8-20(29)28-35(30,31)10-4-9-32-3)19(12-17)34-21-18(23)11-16(13-27-21)22(24,25)26/h5,7,11-14H,4,6,8-10H2,1-3H3,(H,28,29). The highest BCUT2D eigenvalue weighted by Crippen LogP contribution is 2.36. The predicted octanol–water partition coefficient (Wildman–Crippen LogP) is 4.75. The van der Waals surface area contributed by atoms with Crippen molar-refractivity contribution in [2.45, 2.75) is 45.4 Å². The number of nitrogens with zero attached hydrogens (tertiary/aromatic N) is 1. The first-order chi connectivity index (χ1) is 16.3. The van der Waals surface area contributed by atoms with E-state index in [4.69, 9.17) is 25.8 Å². The van der Waals surface area contributed by atoms with Gasteiger partial charge in [-0.15, -0.1) is 0 Å². The fourth-order valence-electron chi connectivity index (χ4n) is 2.86. The van der Waals surface area contributed by atoms with Crippen LogP contribution in [0.3, 0.4) is 0 Å². The van der Waals surface area contributed by atoms with Crippen molar-refractivity contribution in [3.63, 3.8) is 0 Å². The fraction of sp³-hybridized carbons (Fsp3) is 0.455. The van der Waals surface area contributed by atoms with Crippen LogP contribution in [0.25, 0.3) is 0 Å². The molecule has 0 bridgehead atoms. The minimum atomic E-state index is -4.62. The highest BCUT2D eigenvalue weighted by atomic mass is 35.5. The Morgan fingerprint density at radius 3 is 2.54 bits per heavy atom. The van der Waals surface area contributed by atoms with Gasteiger partial charge in [0.1, 0.15) is 16.5 Å². The molecule has 2 rings (SSSR count). The van der Waals surface area contributed by atoms with E-state index >= 15 is 0 Å². The number of hydrogen-bond acceptors (Lipinski definition) is 7. The molecule has 1 aromatic heterocycles. The molecule has 0 radical (unpaired) electrons. The van der Waals surface area contributed by atoms with Crippen LogP contribution < -0.4 is 14.2 Å². The Bertz CT molecular complexity index is 1130. The van der Waals surface area contributed by atoms with Crippen molar-refractivity contribution in [2.24, 2.45) is 0 Å². The first-order valence-corrected chi connectivity index (χ1v) is 12.6. The minimum Gasteiger partial charge on any atom is -0.491 e. The molecule has 0 unspecified atom stereocenters. The molecule has 1 amide bonds. The summed E-state index contributed by atoms with van der Waals surface area (Å²) in [6, 6.07) is 5.42. The highest BCUT2D eigenvalue weighted by molar-refractivity contribution is 7.90. The number of ether oxygens (including phenoxy) is 3. The van der Waals surface area contributed by atoms with Crippen LogP contribution in [0.15, 0.2) is 30.5 Å². The molecule has 0 fully saturated rings. The number of carbonyl (C=O) groups is 1. The van der Waals surface area contributed by atoms with Gasteiger partial charge < -0.3 is 14.2 Å². The molecule has 35 heavy (non-hydrogen) atoms. The van der Waals surface area contributed by atoms with Crippen molar-refractivity contribution in [1.29, 1.82) is 0 Å². The van der Waals surface area contributed by atoms with Crippen LogP contribution in [0, 0.1) is 0 Å². The number of aromatic nitrogens is 1. The van der Waals surface area contributed by atoms with Gasteiger partial charge in [0, 0.05) is 32.4 Å². The molecule has 0 aliphatic rings. The van der Waals surface area contributed by atoms with Gasteiger partial charge in [0.25, 0.3) is 0 Å². The second-order valence-corrected chi connectivity index (χ2v) is 9.99. The number of sulfonamides is 1. The van der Waals surface area contributed by atoms with E-state index in [1.165, 1.54) is 13.2 Å². The quantitative estimate of drug-likeness (QED) is 0.389. The van der Waals surface area contributed by atoms with E-state index in [1.807, 2.05) is 4.72 Å². The number of nitrogens with one attached hydrogen (secondary N) is 1. The monoisotopic (exact) mass is 538 g/mol. The lowest BCUT2D eigenvalue weighted by molar-refractivity contribution is -0.137. The maximum Gasteiger partial charge on any atom is 0.417 e. The zero-order chi connectivity index (χ0) is 26.2. The van der Waals surface area contributed by atoms with Crippen molar-refractivity contribution in [3.8, 4) is 17.4 Å². The lowest BCUT2D eigenvalue weighted by atomic mass is 10.1. The summed E-state index contributed by atoms with van der Waals surface area (Å²) in [4.78, 5) is 15.9. The van der Waals surface area contributed by atoms with Crippen molar-refractivity contribution in [2.75, 3.05) is 19.5 Å². The van der Waals surface area contributed by atoms with E-state index in [2.05, 4.69) is 4.98 Å². The van der Waals surface area contributed by atoms with Crippen molar-refractivity contribution < 1.29 is 40.6 Å². The van der Waals surface area contributed by atoms with Crippen molar-refractivity contribution in [3.05, 3.63) is 46.6 Å². The molecule has 0 atom stereocenters. The Labute approximate surface area is 206 Å². The van der Waals surface area contributed by atoms with Gasteiger partial charge in [-0.05, 0) is 44.4 Å². The number of hydrogen-bond donors (Lipinski definition) is 1. The summed E-state index contributed by atoms with van der Waals surface area (Å²) in [6.45, 7) is 3.85. The summed E-state index contributed by atoms with van der Waals surface area (Å²) in [7, 11) is -2.37. The molecule has 2 aromatic rings. The molecule has 0 aliphatic carbocycles. The molecular weight excluding hydrogens is 513 g/mol. The Balaban J connectivity index is 2.20. The molecule has 1 N–H and O–H groups in total. The third-order valence-electron chi connectivity index (χ3n) is 4.40. The summed E-state index contributed by atoms with van der Waals surface area (Å²) in [5.41, 5.74) is -0.568. The summed E-state index contributed by atoms with van der Waals surface area (Å²) < 4.78 is 80.8. The number of alkyl halides is 3. The second kappa shape index (κ2) is 12.4. The van der Waals surface area contributed by atoms with Gasteiger partial charge in [-0.2, -0.15) is 13.2 Å². The van der Waals surface area contributed by atoms with Crippen LogP contribution in [-0.4, -0.2) is 44.9 Å². The third-order valence-corrected chi connectivity index (χ3v) is 6.04. The lowest BCUT2D eigenvalue weighted by Crippen LogP contribution is -2.33. The van der Waals surface area contributed by atoms with Gasteiger partial charge in [0.05, 0.1) is 17.4 Å². The Morgan fingerprint density at radius 2 is 1.94 bits per heavy atom. The number of methoxy groups -OCH3 is 1. The normalized spacial score (nSPS) is 12.0. The number of aryl methyl sites for hydroxylation is 1. The van der Waals surface area contributed by atoms with E-state index in [1.54, 1.807) is 26.0 Å². The molecule has 8 nitrogen and oxygen atoms in total. The molecule has 0 saturated heterocycles. The number of halogens is 4. The number of rotatable bonds is 12. The third kappa shape index (κ3) is 9.54. The summed E-state index contributed by atoms with van der Waals surface area (Å²) in [6.07, 6.45) is -4.10. The SMILES string of the molecule is COCCCS(=O)(=O)NC(=O)CCc1ccc(OC(C)C)cc1Oc1ncc(C(F)(F)F)cc1Cl. The number of carbonyl (C=O) groups excluding carboxylic acids is 1. The molecule has 0 saturated carbocycles. The molecule has 1 aromatic carbocycles.